The van der Waals surface area contributed by atoms with Crippen LogP contribution in [0.2, 0.25) is 0 Å². The van der Waals surface area contributed by atoms with Crippen molar-refractivity contribution >= 4 is 11.7 Å². The van der Waals surface area contributed by atoms with Crippen molar-refractivity contribution in [2.75, 3.05) is 24.5 Å². The maximum absolute atomic E-state index is 12.6. The first-order chi connectivity index (χ1) is 11.0. The molecule has 1 aromatic rings. The molecule has 0 spiro atoms. The second-order valence-corrected chi connectivity index (χ2v) is 6.56. The van der Waals surface area contributed by atoms with Crippen LogP contribution in [0.1, 0.15) is 45.2 Å². The molecule has 0 unspecified atom stereocenters. The number of piperidine rings is 1. The lowest BCUT2D eigenvalue weighted by atomic mass is 9.81. The number of rotatable bonds is 6. The van der Waals surface area contributed by atoms with E-state index in [4.69, 9.17) is 5.73 Å². The lowest BCUT2D eigenvalue weighted by Gasteiger charge is -2.36. The van der Waals surface area contributed by atoms with Crippen LogP contribution in [0.4, 0.5) is 5.82 Å². The van der Waals surface area contributed by atoms with Gasteiger partial charge in [0.1, 0.15) is 5.82 Å². The molecule has 23 heavy (non-hydrogen) atoms. The molecule has 0 aliphatic carbocycles. The topological polar surface area (TPSA) is 71.2 Å². The third-order valence-corrected chi connectivity index (χ3v) is 5.25. The Morgan fingerprint density at radius 1 is 1.35 bits per heavy atom. The molecule has 0 radical (unpaired) electrons. The van der Waals surface area contributed by atoms with Crippen molar-refractivity contribution in [3.8, 4) is 0 Å². The van der Waals surface area contributed by atoms with Gasteiger partial charge in [0.2, 0.25) is 5.91 Å². The average molecular weight is 318 g/mol. The summed E-state index contributed by atoms with van der Waals surface area (Å²) >= 11 is 0. The van der Waals surface area contributed by atoms with Gasteiger partial charge in [-0.1, -0.05) is 19.9 Å². The number of pyridine rings is 1. The SMILES string of the molecule is CCC(CC)(CN)C(=O)NC1CCN(c2cccc(C)n2)CC1. The maximum Gasteiger partial charge on any atom is 0.227 e. The van der Waals surface area contributed by atoms with Crippen LogP contribution in [0.5, 0.6) is 0 Å². The minimum Gasteiger partial charge on any atom is -0.356 e. The van der Waals surface area contributed by atoms with Crippen molar-refractivity contribution in [2.24, 2.45) is 11.1 Å². The molecule has 5 heteroatoms. The Labute approximate surface area is 139 Å². The molecule has 0 saturated carbocycles. The number of aryl methyl sites for hydroxylation is 1. The zero-order valence-electron chi connectivity index (χ0n) is 14.6. The van der Waals surface area contributed by atoms with Gasteiger partial charge in [-0.2, -0.15) is 0 Å². The Kier molecular flexibility index (Phi) is 5.99. The van der Waals surface area contributed by atoms with Crippen LogP contribution in [-0.4, -0.2) is 36.6 Å². The smallest absolute Gasteiger partial charge is 0.227 e. The summed E-state index contributed by atoms with van der Waals surface area (Å²) < 4.78 is 0. The number of aromatic nitrogens is 1. The molecule has 1 fully saturated rings. The molecular weight excluding hydrogens is 288 g/mol. The quantitative estimate of drug-likeness (QED) is 0.844. The van der Waals surface area contributed by atoms with Crippen LogP contribution < -0.4 is 16.0 Å². The fraction of sp³-hybridized carbons (Fsp3) is 0.667. The maximum atomic E-state index is 12.6. The molecule has 2 heterocycles. The Hall–Kier alpha value is -1.62. The highest BCUT2D eigenvalue weighted by Gasteiger charge is 2.35. The average Bonchev–Trinajstić information content (AvgIpc) is 2.58. The predicted octanol–water partition coefficient (Wildman–Crippen LogP) is 2.24. The number of nitrogens with zero attached hydrogens (tertiary/aromatic N) is 2. The van der Waals surface area contributed by atoms with Gasteiger partial charge >= 0.3 is 0 Å². The molecule has 128 valence electrons. The monoisotopic (exact) mass is 318 g/mol. The first-order valence-electron chi connectivity index (χ1n) is 8.74. The minimum absolute atomic E-state index is 0.122. The second-order valence-electron chi connectivity index (χ2n) is 6.56. The summed E-state index contributed by atoms with van der Waals surface area (Å²) in [6.45, 7) is 8.37. The van der Waals surface area contributed by atoms with Crippen molar-refractivity contribution in [3.63, 3.8) is 0 Å². The molecule has 0 atom stereocenters. The number of hydrogen-bond donors (Lipinski definition) is 2. The van der Waals surface area contributed by atoms with Gasteiger partial charge in [-0.15, -0.1) is 0 Å². The van der Waals surface area contributed by atoms with E-state index in [9.17, 15) is 4.79 Å². The summed E-state index contributed by atoms with van der Waals surface area (Å²) in [5.41, 5.74) is 6.50. The van der Waals surface area contributed by atoms with E-state index in [-0.39, 0.29) is 11.9 Å². The molecule has 1 aliphatic rings. The van der Waals surface area contributed by atoms with Crippen LogP contribution >= 0.6 is 0 Å². The summed E-state index contributed by atoms with van der Waals surface area (Å²) in [7, 11) is 0. The summed E-state index contributed by atoms with van der Waals surface area (Å²) in [6.07, 6.45) is 3.49. The largest absolute Gasteiger partial charge is 0.356 e. The number of hydrogen-bond acceptors (Lipinski definition) is 4. The highest BCUT2D eigenvalue weighted by Crippen LogP contribution is 2.26. The number of anilines is 1. The van der Waals surface area contributed by atoms with E-state index in [2.05, 4.69) is 21.3 Å². The molecule has 3 N–H and O–H groups in total. The predicted molar refractivity (Wildman–Crippen MR) is 94.4 cm³/mol. The molecule has 5 nitrogen and oxygen atoms in total. The van der Waals surface area contributed by atoms with Crippen molar-refractivity contribution in [3.05, 3.63) is 23.9 Å². The van der Waals surface area contributed by atoms with Gasteiger partial charge in [-0.3, -0.25) is 4.79 Å². The minimum atomic E-state index is -0.408. The number of amides is 1. The van der Waals surface area contributed by atoms with E-state index in [1.54, 1.807) is 0 Å². The lowest BCUT2D eigenvalue weighted by molar-refractivity contribution is -0.131. The van der Waals surface area contributed by atoms with Gasteiger partial charge in [0, 0.05) is 31.4 Å². The van der Waals surface area contributed by atoms with E-state index < -0.39 is 5.41 Å². The van der Waals surface area contributed by atoms with Gasteiger partial charge in [0.25, 0.3) is 0 Å². The van der Waals surface area contributed by atoms with Crippen LogP contribution in [0.25, 0.3) is 0 Å². The highest BCUT2D eigenvalue weighted by molar-refractivity contribution is 5.83. The third-order valence-electron chi connectivity index (χ3n) is 5.25. The zero-order chi connectivity index (χ0) is 16.9. The van der Waals surface area contributed by atoms with Gasteiger partial charge in [-0.25, -0.2) is 4.98 Å². The van der Waals surface area contributed by atoms with Gasteiger partial charge in [0.15, 0.2) is 0 Å². The molecular formula is C18H30N4O. The van der Waals surface area contributed by atoms with Crippen LogP contribution in [0.3, 0.4) is 0 Å². The summed E-state index contributed by atoms with van der Waals surface area (Å²) in [5, 5.41) is 3.23. The Morgan fingerprint density at radius 2 is 2.00 bits per heavy atom. The Morgan fingerprint density at radius 3 is 2.52 bits per heavy atom. The number of carbonyl (C=O) groups excluding carboxylic acids is 1. The Bertz CT molecular complexity index is 511. The van der Waals surface area contributed by atoms with Crippen molar-refractivity contribution in [1.29, 1.82) is 0 Å². The second kappa shape index (κ2) is 7.77. The van der Waals surface area contributed by atoms with Crippen molar-refractivity contribution in [1.82, 2.24) is 10.3 Å². The highest BCUT2D eigenvalue weighted by atomic mass is 16.2. The van der Waals surface area contributed by atoms with Crippen molar-refractivity contribution < 1.29 is 4.79 Å². The lowest BCUT2D eigenvalue weighted by Crippen LogP contribution is -2.51. The molecule has 1 saturated heterocycles. The van der Waals surface area contributed by atoms with Crippen LogP contribution in [0, 0.1) is 12.3 Å². The van der Waals surface area contributed by atoms with Crippen LogP contribution in [0.15, 0.2) is 18.2 Å². The number of carbonyl (C=O) groups is 1. The molecule has 2 rings (SSSR count). The third kappa shape index (κ3) is 4.02. The molecule has 1 aliphatic heterocycles. The summed E-state index contributed by atoms with van der Waals surface area (Å²) in [5.74, 6) is 1.16. The molecule has 0 aromatic carbocycles. The van der Waals surface area contributed by atoms with E-state index in [0.29, 0.717) is 6.54 Å². The van der Waals surface area contributed by atoms with E-state index in [1.807, 2.05) is 32.9 Å². The number of nitrogens with two attached hydrogens (primary N) is 1. The van der Waals surface area contributed by atoms with E-state index in [0.717, 1.165) is 50.3 Å². The van der Waals surface area contributed by atoms with Gasteiger partial charge in [0.05, 0.1) is 5.41 Å². The van der Waals surface area contributed by atoms with Crippen LogP contribution in [-0.2, 0) is 4.79 Å². The fourth-order valence-electron chi connectivity index (χ4n) is 3.25. The normalized spacial score (nSPS) is 16.4. The standard InChI is InChI=1S/C18H30N4O/c1-4-18(5-2,13-19)17(23)21-15-9-11-22(12-10-15)16-8-6-7-14(3)20-16/h6-8,15H,4-5,9-13,19H2,1-3H3,(H,21,23). The first-order valence-corrected chi connectivity index (χ1v) is 8.74. The first kappa shape index (κ1) is 17.7. The molecule has 1 aromatic heterocycles. The van der Waals surface area contributed by atoms with Gasteiger partial charge in [-0.05, 0) is 44.7 Å². The van der Waals surface area contributed by atoms with E-state index in [1.165, 1.54) is 0 Å². The Balaban J connectivity index is 1.91. The molecule has 0 bridgehead atoms. The summed E-state index contributed by atoms with van der Waals surface area (Å²) in [4.78, 5) is 19.5. The van der Waals surface area contributed by atoms with E-state index >= 15 is 0 Å². The van der Waals surface area contributed by atoms with Crippen molar-refractivity contribution in [2.45, 2.75) is 52.5 Å². The summed E-state index contributed by atoms with van der Waals surface area (Å²) in [6, 6.07) is 6.36. The fourth-order valence-corrected chi connectivity index (χ4v) is 3.25. The molecule has 1 amide bonds. The zero-order valence-corrected chi connectivity index (χ0v) is 14.6. The number of nitrogens with one attached hydrogen (secondary N) is 1. The van der Waals surface area contributed by atoms with Gasteiger partial charge < -0.3 is 16.0 Å².